The maximum atomic E-state index is 10.9. The van der Waals surface area contributed by atoms with Gasteiger partial charge < -0.3 is 20.1 Å². The van der Waals surface area contributed by atoms with Crippen molar-refractivity contribution < 1.29 is 25.1 Å². The third-order valence-corrected chi connectivity index (χ3v) is 4.94. The molecule has 0 saturated carbocycles. The van der Waals surface area contributed by atoms with E-state index in [1.165, 1.54) is 10.9 Å². The molecule has 1 aromatic carbocycles. The molecule has 3 heterocycles. The molecule has 0 bridgehead atoms. The molecule has 29 heavy (non-hydrogen) atoms. The molecule has 1 aliphatic rings. The van der Waals surface area contributed by atoms with E-state index in [9.17, 15) is 25.4 Å². The van der Waals surface area contributed by atoms with Gasteiger partial charge in [-0.1, -0.05) is 35.8 Å². The number of nitro groups is 1. The summed E-state index contributed by atoms with van der Waals surface area (Å²) >= 11 is 0. The molecular weight excluding hydrogens is 384 g/mol. The lowest BCUT2D eigenvalue weighted by Crippen LogP contribution is -2.47. The lowest BCUT2D eigenvalue weighted by molar-refractivity contribution is -0.445. The number of benzene rings is 1. The van der Waals surface area contributed by atoms with E-state index in [1.54, 1.807) is 0 Å². The first-order valence-electron chi connectivity index (χ1n) is 8.74. The van der Waals surface area contributed by atoms with Gasteiger partial charge in [0.25, 0.3) is 0 Å². The molecule has 0 radical (unpaired) electrons. The number of hydrogen-bond donors (Lipinski definition) is 4. The Morgan fingerprint density at radius 2 is 2.00 bits per heavy atom. The van der Waals surface area contributed by atoms with Gasteiger partial charge in [-0.25, -0.2) is 25.1 Å². The SMILES string of the molecule is O=[N+]([O-])Nc1ncnc2c1ncn2[C@]1(Cc2ccccc2)O[C@H](CO)[C@@H](O)[C@H]1O. The zero-order valence-electron chi connectivity index (χ0n) is 15.0. The second-order valence-electron chi connectivity index (χ2n) is 6.66. The summed E-state index contributed by atoms with van der Waals surface area (Å²) in [6, 6.07) is 9.12. The maximum Gasteiger partial charge on any atom is 0.221 e. The number of fused-ring (bicyclic) bond motifs is 1. The van der Waals surface area contributed by atoms with E-state index in [2.05, 4.69) is 15.0 Å². The van der Waals surface area contributed by atoms with Crippen molar-refractivity contribution in [1.29, 1.82) is 0 Å². The molecule has 1 fully saturated rings. The molecule has 1 aliphatic heterocycles. The fourth-order valence-corrected chi connectivity index (χ4v) is 3.62. The molecule has 152 valence electrons. The molecule has 4 atom stereocenters. The van der Waals surface area contributed by atoms with Gasteiger partial charge in [-0.3, -0.25) is 4.57 Å². The Hall–Kier alpha value is -3.19. The fraction of sp³-hybridized carbons (Fsp3) is 0.353. The van der Waals surface area contributed by atoms with Gasteiger partial charge in [0.2, 0.25) is 5.82 Å². The van der Waals surface area contributed by atoms with Crippen LogP contribution in [0, 0.1) is 10.1 Å². The molecular formula is C17H18N6O6. The third kappa shape index (κ3) is 3.17. The number of hydrazine groups is 1. The molecule has 0 unspecified atom stereocenters. The topological polar surface area (TPSA) is 169 Å². The minimum Gasteiger partial charge on any atom is -0.394 e. The highest BCUT2D eigenvalue weighted by Crippen LogP contribution is 2.40. The number of ether oxygens (including phenoxy) is 1. The van der Waals surface area contributed by atoms with Crippen LogP contribution < -0.4 is 5.43 Å². The Bertz CT molecular complexity index is 1030. The highest BCUT2D eigenvalue weighted by molar-refractivity contribution is 5.82. The molecule has 0 spiro atoms. The van der Waals surface area contributed by atoms with E-state index in [4.69, 9.17) is 4.74 Å². The van der Waals surface area contributed by atoms with Gasteiger partial charge >= 0.3 is 0 Å². The Labute approximate surface area is 163 Å². The predicted molar refractivity (Wildman–Crippen MR) is 98.0 cm³/mol. The second-order valence-corrected chi connectivity index (χ2v) is 6.66. The van der Waals surface area contributed by atoms with Crippen molar-refractivity contribution in [3.05, 3.63) is 58.7 Å². The van der Waals surface area contributed by atoms with Crippen molar-refractivity contribution in [3.63, 3.8) is 0 Å². The smallest absolute Gasteiger partial charge is 0.221 e. The summed E-state index contributed by atoms with van der Waals surface area (Å²) in [7, 11) is 0. The van der Waals surface area contributed by atoms with Crippen LogP contribution in [0.4, 0.5) is 5.82 Å². The first kappa shape index (κ1) is 19.1. The van der Waals surface area contributed by atoms with Gasteiger partial charge in [0.15, 0.2) is 21.9 Å². The van der Waals surface area contributed by atoms with Gasteiger partial charge in [-0.15, -0.1) is 0 Å². The number of imidazole rings is 1. The summed E-state index contributed by atoms with van der Waals surface area (Å²) < 4.78 is 7.37. The van der Waals surface area contributed by atoms with Crippen LogP contribution in [0.25, 0.3) is 11.2 Å². The van der Waals surface area contributed by atoms with Gasteiger partial charge in [0, 0.05) is 6.42 Å². The standard InChI is InChI=1S/C17H18N6O6/c24-7-11-13(25)14(26)17(29-11,6-10-4-2-1-3-5-10)22-9-20-12-15(21-23(27)28)18-8-19-16(12)22/h1-5,8-9,11,13-14,24-26H,6-7H2,(H,18,19,21)/t11-,13-,14-,17-/m1/s1. The molecule has 0 amide bonds. The van der Waals surface area contributed by atoms with E-state index >= 15 is 0 Å². The van der Waals surface area contributed by atoms with Gasteiger partial charge in [-0.2, -0.15) is 0 Å². The minimum atomic E-state index is -1.55. The first-order valence-corrected chi connectivity index (χ1v) is 8.74. The monoisotopic (exact) mass is 402 g/mol. The van der Waals surface area contributed by atoms with Crippen LogP contribution in [0.2, 0.25) is 0 Å². The van der Waals surface area contributed by atoms with E-state index in [-0.39, 0.29) is 23.4 Å². The lowest BCUT2D eigenvalue weighted by atomic mass is 9.95. The molecule has 0 aliphatic carbocycles. The van der Waals surface area contributed by atoms with Crippen molar-refractivity contribution in [1.82, 2.24) is 19.5 Å². The second kappa shape index (κ2) is 7.33. The molecule has 12 heteroatoms. The van der Waals surface area contributed by atoms with Gasteiger partial charge in [-0.05, 0) is 5.56 Å². The Kier molecular flexibility index (Phi) is 4.84. The number of aromatic nitrogens is 4. The van der Waals surface area contributed by atoms with Crippen LogP contribution in [0.15, 0.2) is 43.0 Å². The Balaban J connectivity index is 1.87. The van der Waals surface area contributed by atoms with Crippen LogP contribution in [0.1, 0.15) is 5.56 Å². The average Bonchev–Trinajstić information content (AvgIpc) is 3.25. The van der Waals surface area contributed by atoms with Crippen LogP contribution in [0.5, 0.6) is 0 Å². The summed E-state index contributed by atoms with van der Waals surface area (Å²) in [5, 5.41) is 41.0. The number of aliphatic hydroxyl groups is 3. The Morgan fingerprint density at radius 1 is 1.24 bits per heavy atom. The number of anilines is 1. The minimum absolute atomic E-state index is 0.0920. The summed E-state index contributed by atoms with van der Waals surface area (Å²) in [6.45, 7) is -0.509. The van der Waals surface area contributed by atoms with Crippen molar-refractivity contribution in [2.45, 2.75) is 30.5 Å². The zero-order valence-corrected chi connectivity index (χ0v) is 15.0. The van der Waals surface area contributed by atoms with Crippen molar-refractivity contribution in [3.8, 4) is 0 Å². The first-order chi connectivity index (χ1) is 14.0. The maximum absolute atomic E-state index is 10.9. The van der Waals surface area contributed by atoms with Crippen LogP contribution in [-0.4, -0.2) is 64.8 Å². The van der Waals surface area contributed by atoms with E-state index < -0.39 is 35.7 Å². The van der Waals surface area contributed by atoms with Crippen LogP contribution >= 0.6 is 0 Å². The third-order valence-electron chi connectivity index (χ3n) is 4.94. The lowest BCUT2D eigenvalue weighted by Gasteiger charge is -2.34. The zero-order chi connectivity index (χ0) is 20.6. The number of nitrogens with one attached hydrogen (secondary N) is 1. The highest BCUT2D eigenvalue weighted by atomic mass is 16.7. The quantitative estimate of drug-likeness (QED) is 0.310. The number of rotatable bonds is 6. The van der Waals surface area contributed by atoms with E-state index in [0.29, 0.717) is 0 Å². The fourth-order valence-electron chi connectivity index (χ4n) is 3.62. The summed E-state index contributed by atoms with van der Waals surface area (Å²) in [6.07, 6.45) is -1.29. The number of hydrogen-bond acceptors (Lipinski definition) is 9. The summed E-state index contributed by atoms with van der Waals surface area (Å²) in [5.74, 6) is -0.125. The van der Waals surface area contributed by atoms with Crippen LogP contribution in [0.3, 0.4) is 0 Å². The molecule has 1 saturated heterocycles. The molecule has 4 rings (SSSR count). The number of aliphatic hydroxyl groups excluding tert-OH is 3. The van der Waals surface area contributed by atoms with Crippen molar-refractivity contribution >= 4 is 17.0 Å². The summed E-state index contributed by atoms with van der Waals surface area (Å²) in [4.78, 5) is 22.9. The van der Waals surface area contributed by atoms with Gasteiger partial charge in [0.1, 0.15) is 24.6 Å². The van der Waals surface area contributed by atoms with Crippen LogP contribution in [-0.2, 0) is 16.9 Å². The molecule has 4 N–H and O–H groups in total. The van der Waals surface area contributed by atoms with Crippen molar-refractivity contribution in [2.24, 2.45) is 0 Å². The molecule has 2 aromatic heterocycles. The molecule has 12 nitrogen and oxygen atoms in total. The number of nitrogens with zero attached hydrogens (tertiary/aromatic N) is 5. The molecule has 3 aromatic rings. The largest absolute Gasteiger partial charge is 0.394 e. The van der Waals surface area contributed by atoms with Gasteiger partial charge in [0.05, 0.1) is 12.9 Å². The van der Waals surface area contributed by atoms with Crippen molar-refractivity contribution in [2.75, 3.05) is 12.0 Å². The summed E-state index contributed by atoms with van der Waals surface area (Å²) in [5.41, 5.74) is 1.44. The average molecular weight is 402 g/mol. The predicted octanol–water partition coefficient (Wildman–Crippen LogP) is -0.562. The van der Waals surface area contributed by atoms with E-state index in [1.807, 2.05) is 35.8 Å². The van der Waals surface area contributed by atoms with E-state index in [0.717, 1.165) is 11.9 Å². The normalized spacial score (nSPS) is 26.7. The Morgan fingerprint density at radius 3 is 2.66 bits per heavy atom. The highest BCUT2D eigenvalue weighted by Gasteiger charge is 2.56.